The largest absolute Gasteiger partial charge is 0.405 e. The van der Waals surface area contributed by atoms with Gasteiger partial charge in [-0.25, -0.2) is 4.98 Å². The monoisotopic (exact) mass is 267 g/mol. The number of aromatic nitrogens is 2. The normalized spacial score (nSPS) is 11.9. The van der Waals surface area contributed by atoms with Crippen molar-refractivity contribution in [3.05, 3.63) is 18.1 Å². The molecule has 0 aliphatic carbocycles. The average molecular weight is 268 g/mol. The molecule has 0 aliphatic heterocycles. The molecule has 0 aromatic carbocycles. The van der Waals surface area contributed by atoms with Gasteiger partial charge in [-0.15, -0.1) is 11.6 Å². The minimum Gasteiger partial charge on any atom is -0.344 e. The third-order valence-electron chi connectivity index (χ3n) is 2.10. The highest BCUT2D eigenvalue weighted by Crippen LogP contribution is 2.22. The van der Waals surface area contributed by atoms with Gasteiger partial charge in [0.15, 0.2) is 0 Å². The number of rotatable bonds is 4. The molecule has 0 saturated carbocycles. The van der Waals surface area contributed by atoms with Crippen molar-refractivity contribution in [2.24, 2.45) is 0 Å². The van der Waals surface area contributed by atoms with Crippen molar-refractivity contribution in [3.8, 4) is 0 Å². The predicted octanol–water partition coefficient (Wildman–Crippen LogP) is 2.99. The first-order valence-corrected chi connectivity index (χ1v) is 5.57. The molecule has 0 amide bonds. The zero-order chi connectivity index (χ0) is 13.1. The maximum atomic E-state index is 12.4. The van der Waals surface area contributed by atoms with Gasteiger partial charge in [0.2, 0.25) is 0 Å². The van der Waals surface area contributed by atoms with Gasteiger partial charge in [-0.1, -0.05) is 0 Å². The van der Waals surface area contributed by atoms with Crippen molar-refractivity contribution in [2.75, 3.05) is 11.4 Å². The zero-order valence-electron chi connectivity index (χ0n) is 9.50. The second-order valence-electron chi connectivity index (χ2n) is 3.84. The van der Waals surface area contributed by atoms with Crippen LogP contribution in [0.2, 0.25) is 0 Å². The van der Waals surface area contributed by atoms with Crippen LogP contribution in [0.4, 0.5) is 19.0 Å². The number of hydrogen-bond donors (Lipinski definition) is 0. The van der Waals surface area contributed by atoms with Crippen LogP contribution in [0.25, 0.3) is 0 Å². The van der Waals surface area contributed by atoms with Crippen molar-refractivity contribution in [1.29, 1.82) is 0 Å². The lowest BCUT2D eigenvalue weighted by Gasteiger charge is -2.28. The summed E-state index contributed by atoms with van der Waals surface area (Å²) in [5, 5.41) is 0. The Balaban J connectivity index is 2.89. The fraction of sp³-hybridized carbons (Fsp3) is 0.600. The maximum absolute atomic E-state index is 12.4. The van der Waals surface area contributed by atoms with E-state index in [0.29, 0.717) is 5.69 Å². The molecule has 1 aromatic heterocycles. The summed E-state index contributed by atoms with van der Waals surface area (Å²) in [7, 11) is 0. The van der Waals surface area contributed by atoms with Crippen LogP contribution in [0.15, 0.2) is 12.4 Å². The molecule has 0 aliphatic rings. The Bertz CT molecular complexity index is 351. The van der Waals surface area contributed by atoms with Gasteiger partial charge in [0.25, 0.3) is 0 Å². The summed E-state index contributed by atoms with van der Waals surface area (Å²) in [5.41, 5.74) is 0.533. The minimum atomic E-state index is -4.27. The van der Waals surface area contributed by atoms with Gasteiger partial charge < -0.3 is 4.90 Å². The first-order valence-electron chi connectivity index (χ1n) is 5.04. The van der Waals surface area contributed by atoms with Gasteiger partial charge in [-0.2, -0.15) is 13.2 Å². The molecule has 0 atom stereocenters. The fourth-order valence-corrected chi connectivity index (χ4v) is 1.42. The molecule has 0 bridgehead atoms. The van der Waals surface area contributed by atoms with Crippen LogP contribution < -0.4 is 4.90 Å². The summed E-state index contributed by atoms with van der Waals surface area (Å²) in [6, 6.07) is -0.312. The van der Waals surface area contributed by atoms with E-state index >= 15 is 0 Å². The molecular formula is C10H13ClF3N3. The van der Waals surface area contributed by atoms with E-state index in [1.807, 2.05) is 0 Å². The van der Waals surface area contributed by atoms with E-state index in [1.165, 1.54) is 12.4 Å². The van der Waals surface area contributed by atoms with Crippen LogP contribution in [0.5, 0.6) is 0 Å². The predicted molar refractivity (Wildman–Crippen MR) is 60.1 cm³/mol. The van der Waals surface area contributed by atoms with Crippen molar-refractivity contribution in [2.45, 2.75) is 31.9 Å². The van der Waals surface area contributed by atoms with E-state index in [2.05, 4.69) is 9.97 Å². The number of halogens is 4. The first-order chi connectivity index (χ1) is 7.83. The van der Waals surface area contributed by atoms with Gasteiger partial charge in [0.1, 0.15) is 12.4 Å². The highest BCUT2D eigenvalue weighted by atomic mass is 35.5. The van der Waals surface area contributed by atoms with E-state index in [-0.39, 0.29) is 17.7 Å². The van der Waals surface area contributed by atoms with E-state index in [9.17, 15) is 13.2 Å². The lowest BCUT2D eigenvalue weighted by molar-refractivity contribution is -0.120. The topological polar surface area (TPSA) is 29.0 Å². The van der Waals surface area contributed by atoms with Crippen molar-refractivity contribution >= 4 is 17.4 Å². The van der Waals surface area contributed by atoms with Crippen LogP contribution in [-0.2, 0) is 5.88 Å². The molecule has 3 nitrogen and oxygen atoms in total. The third-order valence-corrected chi connectivity index (χ3v) is 2.37. The summed E-state index contributed by atoms with van der Waals surface area (Å²) >= 11 is 5.53. The maximum Gasteiger partial charge on any atom is 0.405 e. The van der Waals surface area contributed by atoms with Crippen LogP contribution >= 0.6 is 11.6 Å². The summed E-state index contributed by atoms with van der Waals surface area (Å²) in [6.45, 7) is 2.30. The van der Waals surface area contributed by atoms with E-state index in [1.54, 1.807) is 13.8 Å². The smallest absolute Gasteiger partial charge is 0.344 e. The molecule has 0 saturated heterocycles. The Hall–Kier alpha value is -1.04. The third kappa shape index (κ3) is 4.38. The van der Waals surface area contributed by atoms with E-state index in [0.717, 1.165) is 4.90 Å². The molecular weight excluding hydrogens is 255 g/mol. The molecule has 0 unspecified atom stereocenters. The van der Waals surface area contributed by atoms with Crippen molar-refractivity contribution < 1.29 is 13.2 Å². The van der Waals surface area contributed by atoms with Gasteiger partial charge in [-0.3, -0.25) is 4.98 Å². The summed E-state index contributed by atoms with van der Waals surface area (Å²) in [6.07, 6.45) is -1.57. The Morgan fingerprint density at radius 1 is 1.29 bits per heavy atom. The van der Waals surface area contributed by atoms with E-state index in [4.69, 9.17) is 11.6 Å². The highest BCUT2D eigenvalue weighted by Gasteiger charge is 2.32. The van der Waals surface area contributed by atoms with E-state index < -0.39 is 12.7 Å². The van der Waals surface area contributed by atoms with Crippen LogP contribution in [0, 0.1) is 0 Å². The van der Waals surface area contributed by atoms with Gasteiger partial charge in [-0.05, 0) is 13.8 Å². The zero-order valence-corrected chi connectivity index (χ0v) is 10.3. The number of nitrogens with zero attached hydrogens (tertiary/aromatic N) is 3. The quantitative estimate of drug-likeness (QED) is 0.786. The Labute approximate surface area is 103 Å². The Kier molecular flexibility index (Phi) is 4.56. The molecule has 17 heavy (non-hydrogen) atoms. The number of hydrogen-bond acceptors (Lipinski definition) is 3. The fourth-order valence-electron chi connectivity index (χ4n) is 1.29. The average Bonchev–Trinajstić information content (AvgIpc) is 2.25. The molecule has 96 valence electrons. The first kappa shape index (κ1) is 14.0. The Morgan fingerprint density at radius 3 is 2.29 bits per heavy atom. The molecule has 7 heteroatoms. The number of anilines is 1. The Morgan fingerprint density at radius 2 is 1.94 bits per heavy atom. The summed E-state index contributed by atoms with van der Waals surface area (Å²) in [5.74, 6) is 0.389. The second kappa shape index (κ2) is 5.53. The van der Waals surface area contributed by atoms with Gasteiger partial charge in [0.05, 0.1) is 24.0 Å². The molecule has 1 aromatic rings. The van der Waals surface area contributed by atoms with Crippen LogP contribution in [-0.4, -0.2) is 28.7 Å². The number of alkyl halides is 4. The molecule has 0 spiro atoms. The summed E-state index contributed by atoms with van der Waals surface area (Å²) in [4.78, 5) is 9.01. The lowest BCUT2D eigenvalue weighted by Crippen LogP contribution is -2.39. The van der Waals surface area contributed by atoms with Crippen LogP contribution in [0.1, 0.15) is 19.5 Å². The lowest BCUT2D eigenvalue weighted by atomic mass is 10.3. The molecule has 0 radical (unpaired) electrons. The second-order valence-corrected chi connectivity index (χ2v) is 4.10. The SMILES string of the molecule is CC(C)N(CC(F)(F)F)c1cnc(CCl)cn1. The van der Waals surface area contributed by atoms with Crippen LogP contribution in [0.3, 0.4) is 0 Å². The molecule has 1 heterocycles. The van der Waals surface area contributed by atoms with Gasteiger partial charge in [0, 0.05) is 6.04 Å². The minimum absolute atomic E-state index is 0.189. The van der Waals surface area contributed by atoms with Gasteiger partial charge >= 0.3 is 6.18 Å². The highest BCUT2D eigenvalue weighted by molar-refractivity contribution is 6.16. The summed E-state index contributed by atoms with van der Waals surface area (Å²) < 4.78 is 37.2. The molecule has 0 fully saturated rings. The van der Waals surface area contributed by atoms with Crippen molar-refractivity contribution in [1.82, 2.24) is 9.97 Å². The molecule has 0 N–H and O–H groups in total. The van der Waals surface area contributed by atoms with Crippen molar-refractivity contribution in [3.63, 3.8) is 0 Å². The standard InChI is InChI=1S/C10H13ClF3N3/c1-7(2)17(6-10(12,13)14)9-5-15-8(3-11)4-16-9/h4-5,7H,3,6H2,1-2H3. The molecule has 1 rings (SSSR count).